The molecule has 5 nitrogen and oxygen atoms in total. The zero-order valence-corrected chi connectivity index (χ0v) is 15.6. The van der Waals surface area contributed by atoms with Gasteiger partial charge in [-0.2, -0.15) is 5.10 Å². The van der Waals surface area contributed by atoms with Crippen LogP contribution in [0.2, 0.25) is 0 Å². The van der Waals surface area contributed by atoms with Gasteiger partial charge in [0.05, 0.1) is 0 Å². The number of nitrogens with zero attached hydrogens (tertiary/aromatic N) is 3. The van der Waals surface area contributed by atoms with Gasteiger partial charge in [0.15, 0.2) is 0 Å². The zero-order valence-electron chi connectivity index (χ0n) is 15.6. The normalized spacial score (nSPS) is 23.1. The number of amides is 1. The van der Waals surface area contributed by atoms with Crippen molar-refractivity contribution in [1.82, 2.24) is 20.0 Å². The smallest absolute Gasteiger partial charge is 0.274 e. The molecular formula is C19H32N4O. The van der Waals surface area contributed by atoms with E-state index in [-0.39, 0.29) is 5.91 Å². The van der Waals surface area contributed by atoms with Crippen LogP contribution in [0.15, 0.2) is 6.07 Å². The van der Waals surface area contributed by atoms with Crippen LogP contribution in [0.4, 0.5) is 0 Å². The third-order valence-corrected chi connectivity index (χ3v) is 5.44. The monoisotopic (exact) mass is 332 g/mol. The van der Waals surface area contributed by atoms with Crippen molar-refractivity contribution in [2.75, 3.05) is 26.2 Å². The molecule has 1 atom stereocenters. The number of rotatable bonds is 5. The number of carbonyl (C=O) groups excluding carboxylic acids is 1. The van der Waals surface area contributed by atoms with E-state index in [1.165, 1.54) is 19.4 Å². The van der Waals surface area contributed by atoms with Crippen LogP contribution in [0.3, 0.4) is 0 Å². The van der Waals surface area contributed by atoms with Gasteiger partial charge in [0.25, 0.3) is 5.91 Å². The minimum Gasteiger partial charge on any atom is -0.336 e. The molecule has 134 valence electrons. The highest BCUT2D eigenvalue weighted by Crippen LogP contribution is 2.32. The van der Waals surface area contributed by atoms with Gasteiger partial charge in [0, 0.05) is 37.9 Å². The fourth-order valence-electron chi connectivity index (χ4n) is 3.64. The lowest BCUT2D eigenvalue weighted by molar-refractivity contribution is 0.0698. The first-order chi connectivity index (χ1) is 11.5. The van der Waals surface area contributed by atoms with Crippen molar-refractivity contribution in [2.45, 2.75) is 58.9 Å². The second-order valence-electron chi connectivity index (χ2n) is 8.22. The van der Waals surface area contributed by atoms with Crippen molar-refractivity contribution >= 4 is 5.91 Å². The van der Waals surface area contributed by atoms with Gasteiger partial charge >= 0.3 is 0 Å². The molecule has 0 unspecified atom stereocenters. The van der Waals surface area contributed by atoms with Crippen LogP contribution in [0, 0.1) is 11.8 Å². The Labute approximate surface area is 145 Å². The molecular weight excluding hydrogens is 300 g/mol. The first-order valence-electron chi connectivity index (χ1n) is 9.54. The summed E-state index contributed by atoms with van der Waals surface area (Å²) in [5.74, 6) is 1.90. The molecule has 0 aromatic carbocycles. The molecule has 1 aliphatic heterocycles. The molecule has 1 N–H and O–H groups in total. The van der Waals surface area contributed by atoms with Gasteiger partial charge in [-0.25, -0.2) is 0 Å². The molecule has 1 amide bonds. The van der Waals surface area contributed by atoms with E-state index in [1.54, 1.807) is 0 Å². The first-order valence-corrected chi connectivity index (χ1v) is 9.54. The largest absolute Gasteiger partial charge is 0.336 e. The molecule has 2 heterocycles. The lowest BCUT2D eigenvalue weighted by atomic mass is 10.0. The van der Waals surface area contributed by atoms with E-state index < -0.39 is 0 Å². The summed E-state index contributed by atoms with van der Waals surface area (Å²) in [4.78, 5) is 17.6. The summed E-state index contributed by atoms with van der Waals surface area (Å²) < 4.78 is 0. The molecule has 1 saturated heterocycles. The summed E-state index contributed by atoms with van der Waals surface area (Å²) in [5.41, 5.74) is 1.60. The molecule has 1 aromatic rings. The maximum absolute atomic E-state index is 12.9. The van der Waals surface area contributed by atoms with Gasteiger partial charge < -0.3 is 4.90 Å². The minimum absolute atomic E-state index is 0.0806. The fraction of sp³-hybridized carbons (Fsp3) is 0.789. The van der Waals surface area contributed by atoms with Crippen LogP contribution >= 0.6 is 0 Å². The molecule has 0 radical (unpaired) electrons. The molecule has 24 heavy (non-hydrogen) atoms. The number of H-pyrrole nitrogens is 1. The minimum atomic E-state index is 0.0806. The number of hydrogen-bond acceptors (Lipinski definition) is 3. The second kappa shape index (κ2) is 7.26. The van der Waals surface area contributed by atoms with Crippen molar-refractivity contribution in [3.63, 3.8) is 0 Å². The Kier molecular flexibility index (Phi) is 5.28. The molecule has 1 aliphatic carbocycles. The third-order valence-electron chi connectivity index (χ3n) is 5.44. The molecule has 3 rings (SSSR count). The average molecular weight is 332 g/mol. The topological polar surface area (TPSA) is 52.2 Å². The van der Waals surface area contributed by atoms with Crippen molar-refractivity contribution < 1.29 is 4.79 Å². The summed E-state index contributed by atoms with van der Waals surface area (Å²) in [5, 5.41) is 7.27. The zero-order chi connectivity index (χ0) is 17.3. The maximum Gasteiger partial charge on any atom is 0.274 e. The van der Waals surface area contributed by atoms with E-state index in [2.05, 4.69) is 42.8 Å². The number of aromatic amines is 1. The quantitative estimate of drug-likeness (QED) is 0.901. The number of carbonyl (C=O) groups is 1. The lowest BCUT2D eigenvalue weighted by Crippen LogP contribution is -2.46. The molecule has 0 bridgehead atoms. The predicted molar refractivity (Wildman–Crippen MR) is 96.1 cm³/mol. The fourth-order valence-corrected chi connectivity index (χ4v) is 3.64. The van der Waals surface area contributed by atoms with Gasteiger partial charge in [-0.05, 0) is 43.1 Å². The average Bonchev–Trinajstić information content (AvgIpc) is 3.25. The van der Waals surface area contributed by atoms with Crippen LogP contribution in [-0.2, 0) is 0 Å². The molecule has 0 spiro atoms. The Morgan fingerprint density at radius 2 is 2.04 bits per heavy atom. The number of nitrogens with one attached hydrogen (secondary N) is 1. The van der Waals surface area contributed by atoms with E-state index >= 15 is 0 Å². The molecule has 5 heteroatoms. The van der Waals surface area contributed by atoms with Crippen LogP contribution in [0.5, 0.6) is 0 Å². The summed E-state index contributed by atoms with van der Waals surface area (Å²) >= 11 is 0. The van der Waals surface area contributed by atoms with Crippen molar-refractivity contribution in [1.29, 1.82) is 0 Å². The second-order valence-corrected chi connectivity index (χ2v) is 8.22. The Morgan fingerprint density at radius 1 is 1.29 bits per heavy atom. The van der Waals surface area contributed by atoms with Gasteiger partial charge in [-0.3, -0.25) is 14.8 Å². The van der Waals surface area contributed by atoms with E-state index in [9.17, 15) is 4.79 Å². The highest BCUT2D eigenvalue weighted by Gasteiger charge is 2.33. The van der Waals surface area contributed by atoms with Crippen LogP contribution < -0.4 is 0 Å². The molecule has 2 aliphatic rings. The van der Waals surface area contributed by atoms with E-state index in [0.717, 1.165) is 37.7 Å². The predicted octanol–water partition coefficient (Wildman–Crippen LogP) is 3.12. The van der Waals surface area contributed by atoms with E-state index in [0.29, 0.717) is 23.6 Å². The summed E-state index contributed by atoms with van der Waals surface area (Å²) in [7, 11) is 0. The summed E-state index contributed by atoms with van der Waals surface area (Å²) in [6.07, 6.45) is 3.83. The Hall–Kier alpha value is -1.36. The SMILES string of the molecule is CC(C)c1cc(C(=O)N2CCCN(CC3CC3)[C@@H](C(C)C)C2)n[nH]1. The Morgan fingerprint density at radius 3 is 2.62 bits per heavy atom. The van der Waals surface area contributed by atoms with Crippen LogP contribution in [-0.4, -0.2) is 58.1 Å². The van der Waals surface area contributed by atoms with E-state index in [1.807, 2.05) is 11.0 Å². The summed E-state index contributed by atoms with van der Waals surface area (Å²) in [6.45, 7) is 12.8. The number of hydrogen-bond donors (Lipinski definition) is 1. The number of aromatic nitrogens is 2. The van der Waals surface area contributed by atoms with Gasteiger partial charge in [0.2, 0.25) is 0 Å². The maximum atomic E-state index is 12.9. The lowest BCUT2D eigenvalue weighted by Gasteiger charge is -2.34. The summed E-state index contributed by atoms with van der Waals surface area (Å²) in [6, 6.07) is 2.38. The third kappa shape index (κ3) is 4.00. The Balaban J connectivity index is 1.71. The highest BCUT2D eigenvalue weighted by molar-refractivity contribution is 5.92. The van der Waals surface area contributed by atoms with Gasteiger partial charge in [-0.1, -0.05) is 27.7 Å². The van der Waals surface area contributed by atoms with Crippen molar-refractivity contribution in [3.8, 4) is 0 Å². The van der Waals surface area contributed by atoms with Crippen molar-refractivity contribution in [2.24, 2.45) is 11.8 Å². The van der Waals surface area contributed by atoms with Gasteiger partial charge in [0.1, 0.15) is 5.69 Å². The molecule has 1 aromatic heterocycles. The van der Waals surface area contributed by atoms with Crippen LogP contribution in [0.1, 0.15) is 69.1 Å². The van der Waals surface area contributed by atoms with Crippen LogP contribution in [0.25, 0.3) is 0 Å². The van der Waals surface area contributed by atoms with Gasteiger partial charge in [-0.15, -0.1) is 0 Å². The van der Waals surface area contributed by atoms with E-state index in [4.69, 9.17) is 0 Å². The Bertz CT molecular complexity index is 561. The highest BCUT2D eigenvalue weighted by atomic mass is 16.2. The first kappa shape index (κ1) is 17.5. The standard InChI is InChI=1S/C19H32N4O/c1-13(2)16-10-17(21-20-16)19(24)23-9-5-8-22(11-15-6-7-15)18(12-23)14(3)4/h10,13-15,18H,5-9,11-12H2,1-4H3,(H,20,21)/t18-/m1/s1. The molecule has 2 fully saturated rings. The van der Waals surface area contributed by atoms with Crippen molar-refractivity contribution in [3.05, 3.63) is 17.5 Å². The molecule has 1 saturated carbocycles.